The van der Waals surface area contributed by atoms with E-state index in [2.05, 4.69) is 121 Å². The highest BCUT2D eigenvalue weighted by molar-refractivity contribution is 6.99. The zero-order chi connectivity index (χ0) is 31.6. The highest BCUT2D eigenvalue weighted by Gasteiger charge is 2.52. The minimum atomic E-state index is -2.75. The summed E-state index contributed by atoms with van der Waals surface area (Å²) in [5, 5.41) is 13.9. The van der Waals surface area contributed by atoms with Gasteiger partial charge in [-0.2, -0.15) is 0 Å². The molecule has 6 atom stereocenters. The SMILES string of the molecule is C=CC[C@@H](C[C@@H]1C(C)=CC[C@@H](C(C)C)[C@H]1C[C@H](O)[C@H](C=C)OCOC)O[Si](c1ccccc1)(c1ccccc1)C(C)(C)C. The average Bonchev–Trinajstić information content (AvgIpc) is 2.98. The third-order valence-corrected chi connectivity index (χ3v) is 14.5. The van der Waals surface area contributed by atoms with Gasteiger partial charge in [-0.25, -0.2) is 0 Å². The van der Waals surface area contributed by atoms with E-state index in [1.165, 1.54) is 15.9 Å². The fourth-order valence-corrected chi connectivity index (χ4v) is 12.0. The van der Waals surface area contributed by atoms with Crippen molar-refractivity contribution in [1.29, 1.82) is 0 Å². The minimum Gasteiger partial charge on any atom is -0.404 e. The van der Waals surface area contributed by atoms with Crippen LogP contribution < -0.4 is 10.4 Å². The van der Waals surface area contributed by atoms with Crippen molar-refractivity contribution >= 4 is 18.7 Å². The molecule has 0 radical (unpaired) electrons. The Labute approximate surface area is 263 Å². The van der Waals surface area contributed by atoms with Gasteiger partial charge in [0.1, 0.15) is 12.9 Å². The van der Waals surface area contributed by atoms with E-state index in [1.54, 1.807) is 13.2 Å². The molecule has 0 saturated carbocycles. The van der Waals surface area contributed by atoms with Crippen LogP contribution in [0.3, 0.4) is 0 Å². The normalized spacial score (nSPS) is 21.6. The largest absolute Gasteiger partial charge is 0.404 e. The lowest BCUT2D eigenvalue weighted by atomic mass is 9.64. The second-order valence-electron chi connectivity index (χ2n) is 13.6. The Morgan fingerprint density at radius 1 is 0.977 bits per heavy atom. The molecule has 5 heteroatoms. The predicted octanol–water partition coefficient (Wildman–Crippen LogP) is 7.68. The lowest BCUT2D eigenvalue weighted by Crippen LogP contribution is -2.67. The van der Waals surface area contributed by atoms with Crippen LogP contribution in [0.2, 0.25) is 5.04 Å². The minimum absolute atomic E-state index is 0.0253. The first-order valence-corrected chi connectivity index (χ1v) is 17.9. The van der Waals surface area contributed by atoms with Crippen LogP contribution in [-0.2, 0) is 13.9 Å². The summed E-state index contributed by atoms with van der Waals surface area (Å²) in [5.41, 5.74) is 1.39. The first kappa shape index (κ1) is 35.2. The van der Waals surface area contributed by atoms with Crippen molar-refractivity contribution in [3.8, 4) is 0 Å². The first-order valence-electron chi connectivity index (χ1n) is 16.0. The number of aliphatic hydroxyl groups excluding tert-OH is 1. The number of hydrogen-bond acceptors (Lipinski definition) is 4. The fraction of sp³-hybridized carbons (Fsp3) is 0.526. The van der Waals surface area contributed by atoms with Gasteiger partial charge >= 0.3 is 0 Å². The van der Waals surface area contributed by atoms with Gasteiger partial charge < -0.3 is 19.0 Å². The first-order chi connectivity index (χ1) is 20.5. The molecule has 236 valence electrons. The summed E-state index contributed by atoms with van der Waals surface area (Å²) < 4.78 is 18.6. The van der Waals surface area contributed by atoms with E-state index in [0.29, 0.717) is 18.3 Å². The number of benzene rings is 2. The Bertz CT molecular complexity index is 1110. The number of allylic oxidation sites excluding steroid dienone is 2. The van der Waals surface area contributed by atoms with E-state index < -0.39 is 20.5 Å². The zero-order valence-corrected chi connectivity index (χ0v) is 28.7. The van der Waals surface area contributed by atoms with Crippen LogP contribution in [0.5, 0.6) is 0 Å². The van der Waals surface area contributed by atoms with Gasteiger partial charge in [0.05, 0.1) is 6.10 Å². The van der Waals surface area contributed by atoms with Crippen LogP contribution in [0.25, 0.3) is 0 Å². The third-order valence-electron chi connectivity index (χ3n) is 9.43. The molecule has 1 N–H and O–H groups in total. The van der Waals surface area contributed by atoms with Crippen molar-refractivity contribution in [2.75, 3.05) is 13.9 Å². The van der Waals surface area contributed by atoms with Gasteiger partial charge in [0.15, 0.2) is 0 Å². The number of aliphatic hydroxyl groups is 1. The lowest BCUT2D eigenvalue weighted by Gasteiger charge is -2.47. The van der Waals surface area contributed by atoms with E-state index in [-0.39, 0.29) is 29.8 Å². The van der Waals surface area contributed by atoms with Crippen LogP contribution in [-0.4, -0.2) is 45.6 Å². The van der Waals surface area contributed by atoms with Crippen molar-refractivity contribution in [2.24, 2.45) is 23.7 Å². The van der Waals surface area contributed by atoms with Gasteiger partial charge in [-0.1, -0.05) is 119 Å². The van der Waals surface area contributed by atoms with Crippen LogP contribution in [0.15, 0.2) is 97.6 Å². The summed E-state index contributed by atoms with van der Waals surface area (Å²) in [6.45, 7) is 22.1. The number of rotatable bonds is 16. The molecule has 0 spiro atoms. The highest BCUT2D eigenvalue weighted by Crippen LogP contribution is 2.46. The Kier molecular flexibility index (Phi) is 13.2. The Morgan fingerprint density at radius 3 is 2.02 bits per heavy atom. The summed E-state index contributed by atoms with van der Waals surface area (Å²) in [6.07, 6.45) is 8.28. The molecule has 43 heavy (non-hydrogen) atoms. The van der Waals surface area contributed by atoms with Crippen molar-refractivity contribution in [2.45, 2.75) is 90.6 Å². The maximum Gasteiger partial charge on any atom is 0.261 e. The molecule has 0 saturated heterocycles. The number of ether oxygens (including phenoxy) is 2. The summed E-state index contributed by atoms with van der Waals surface area (Å²) in [4.78, 5) is 0. The van der Waals surface area contributed by atoms with Gasteiger partial charge in [-0.15, -0.1) is 13.2 Å². The molecule has 0 aromatic heterocycles. The molecular weight excluding hydrogens is 549 g/mol. The van der Waals surface area contributed by atoms with Gasteiger partial charge in [-0.3, -0.25) is 0 Å². The standard InChI is InChI=1S/C38H56O4Si/c1-10-18-30(42-43(38(6,7)8,31-19-14-12-15-20-31)32-21-16-13-17-22-32)25-34-29(5)23-24-33(28(3)4)35(34)26-36(39)37(11-2)41-27-40-9/h10-17,19-23,28,30,33-37,39H,1-2,18,24-27H2,3-9H3/t30-,33-,34+,35+,36-,37-/m0/s1. The van der Waals surface area contributed by atoms with Crippen molar-refractivity contribution in [1.82, 2.24) is 0 Å². The van der Waals surface area contributed by atoms with E-state index >= 15 is 0 Å². The van der Waals surface area contributed by atoms with E-state index in [4.69, 9.17) is 13.9 Å². The van der Waals surface area contributed by atoms with Gasteiger partial charge in [0, 0.05) is 13.2 Å². The number of methoxy groups -OCH3 is 1. The molecule has 2 aromatic rings. The Balaban J connectivity index is 2.06. The predicted molar refractivity (Wildman–Crippen MR) is 183 cm³/mol. The molecule has 0 amide bonds. The van der Waals surface area contributed by atoms with Crippen LogP contribution >= 0.6 is 0 Å². The monoisotopic (exact) mass is 604 g/mol. The van der Waals surface area contributed by atoms with Gasteiger partial charge in [-0.05, 0) is 71.7 Å². The lowest BCUT2D eigenvalue weighted by molar-refractivity contribution is -0.101. The smallest absolute Gasteiger partial charge is 0.261 e. The maximum absolute atomic E-state index is 11.4. The Morgan fingerprint density at radius 2 is 1.56 bits per heavy atom. The molecule has 2 aromatic carbocycles. The molecule has 0 aliphatic heterocycles. The van der Waals surface area contributed by atoms with E-state index in [0.717, 1.165) is 19.3 Å². The van der Waals surface area contributed by atoms with E-state index in [9.17, 15) is 5.11 Å². The van der Waals surface area contributed by atoms with Crippen LogP contribution in [0.4, 0.5) is 0 Å². The fourth-order valence-electron chi connectivity index (χ4n) is 7.25. The van der Waals surface area contributed by atoms with Crippen LogP contribution in [0.1, 0.15) is 67.2 Å². The molecule has 4 nitrogen and oxygen atoms in total. The van der Waals surface area contributed by atoms with Crippen LogP contribution in [0, 0.1) is 23.7 Å². The average molecular weight is 605 g/mol. The molecule has 1 aliphatic rings. The highest BCUT2D eigenvalue weighted by atomic mass is 28.4. The summed E-state index contributed by atoms with van der Waals surface area (Å²) in [7, 11) is -1.16. The molecule has 1 aliphatic carbocycles. The molecule has 0 fully saturated rings. The van der Waals surface area contributed by atoms with Gasteiger partial charge in [0.25, 0.3) is 8.32 Å². The summed E-state index contributed by atoms with van der Waals surface area (Å²) >= 11 is 0. The van der Waals surface area contributed by atoms with Crippen molar-refractivity contribution in [3.05, 3.63) is 97.6 Å². The molecule has 0 bridgehead atoms. The van der Waals surface area contributed by atoms with Crippen molar-refractivity contribution in [3.63, 3.8) is 0 Å². The molecule has 0 unspecified atom stereocenters. The second kappa shape index (κ2) is 16.1. The quantitative estimate of drug-likeness (QED) is 0.121. The molecular formula is C38H56O4Si. The second-order valence-corrected chi connectivity index (χ2v) is 17.9. The molecule has 0 heterocycles. The summed E-state index contributed by atoms with van der Waals surface area (Å²) in [5.74, 6) is 1.49. The number of hydrogen-bond donors (Lipinski definition) is 1. The van der Waals surface area contributed by atoms with E-state index in [1.807, 2.05) is 6.08 Å². The molecule has 3 rings (SSSR count). The Hall–Kier alpha value is -2.28. The summed E-state index contributed by atoms with van der Waals surface area (Å²) in [6, 6.07) is 21.7. The topological polar surface area (TPSA) is 47.9 Å². The third kappa shape index (κ3) is 8.46. The maximum atomic E-state index is 11.4. The van der Waals surface area contributed by atoms with Gasteiger partial charge in [0.2, 0.25) is 0 Å². The zero-order valence-electron chi connectivity index (χ0n) is 27.7. The van der Waals surface area contributed by atoms with Crippen molar-refractivity contribution < 1.29 is 19.0 Å².